The summed E-state index contributed by atoms with van der Waals surface area (Å²) in [5.41, 5.74) is -0.614. The van der Waals surface area contributed by atoms with Crippen LogP contribution in [0.25, 0.3) is 0 Å². The van der Waals surface area contributed by atoms with E-state index in [1.54, 1.807) is 0 Å². The molecule has 76 valence electrons. The Hall–Kier alpha value is -1.04. The largest absolute Gasteiger partial charge is 0.341 e. The zero-order valence-electron chi connectivity index (χ0n) is 8.62. The van der Waals surface area contributed by atoms with Crippen molar-refractivity contribution in [1.82, 2.24) is 4.90 Å². The van der Waals surface area contributed by atoms with E-state index >= 15 is 0 Å². The monoisotopic (exact) mass is 192 g/mol. The number of carbonyl (C=O) groups excluding carboxylic acids is 1. The van der Waals surface area contributed by atoms with Gasteiger partial charge in [0.15, 0.2) is 0 Å². The molecule has 2 aliphatic rings. The molecule has 1 saturated carbocycles. The molecule has 0 unspecified atom stereocenters. The van der Waals surface area contributed by atoms with E-state index < -0.39 is 5.41 Å². The third-order valence-electron chi connectivity index (χ3n) is 3.32. The van der Waals surface area contributed by atoms with Crippen LogP contribution < -0.4 is 0 Å². The molecular formula is C11H16N2O. The van der Waals surface area contributed by atoms with E-state index in [9.17, 15) is 4.79 Å². The number of carbonyl (C=O) groups is 1. The molecule has 3 heteroatoms. The van der Waals surface area contributed by atoms with Crippen LogP contribution in [0.1, 0.15) is 32.6 Å². The second-order valence-electron chi connectivity index (χ2n) is 4.69. The van der Waals surface area contributed by atoms with Gasteiger partial charge in [-0.1, -0.05) is 6.92 Å². The van der Waals surface area contributed by atoms with Crippen molar-refractivity contribution in [1.29, 1.82) is 5.26 Å². The van der Waals surface area contributed by atoms with Crippen LogP contribution in [-0.4, -0.2) is 23.9 Å². The van der Waals surface area contributed by atoms with Crippen LogP contribution in [0.5, 0.6) is 0 Å². The molecule has 1 saturated heterocycles. The number of likely N-dealkylation sites (tertiary alicyclic amines) is 1. The van der Waals surface area contributed by atoms with Gasteiger partial charge in [-0.05, 0) is 31.6 Å². The fourth-order valence-corrected chi connectivity index (χ4v) is 2.18. The molecule has 0 radical (unpaired) electrons. The van der Waals surface area contributed by atoms with E-state index in [0.29, 0.717) is 5.92 Å². The molecule has 0 bridgehead atoms. The highest BCUT2D eigenvalue weighted by atomic mass is 16.2. The standard InChI is InChI=1S/C11H16N2O/c1-9-3-2-6-13(7-9)10(14)11(8-12)4-5-11/h9H,2-7H2,1H3/t9-/m1/s1. The van der Waals surface area contributed by atoms with Crippen molar-refractivity contribution < 1.29 is 4.79 Å². The lowest BCUT2D eigenvalue weighted by molar-refractivity contribution is -0.136. The maximum atomic E-state index is 12.0. The fourth-order valence-electron chi connectivity index (χ4n) is 2.18. The van der Waals surface area contributed by atoms with Crippen molar-refractivity contribution in [2.45, 2.75) is 32.6 Å². The molecule has 1 amide bonds. The summed E-state index contributed by atoms with van der Waals surface area (Å²) in [7, 11) is 0. The smallest absolute Gasteiger partial charge is 0.243 e. The summed E-state index contributed by atoms with van der Waals surface area (Å²) in [4.78, 5) is 13.9. The van der Waals surface area contributed by atoms with Gasteiger partial charge in [-0.3, -0.25) is 4.79 Å². The summed E-state index contributed by atoms with van der Waals surface area (Å²) in [5, 5.41) is 8.93. The van der Waals surface area contributed by atoms with Crippen LogP contribution in [0, 0.1) is 22.7 Å². The van der Waals surface area contributed by atoms with Gasteiger partial charge in [0.1, 0.15) is 5.41 Å². The van der Waals surface area contributed by atoms with Gasteiger partial charge in [0.05, 0.1) is 6.07 Å². The number of nitrogens with zero attached hydrogens (tertiary/aromatic N) is 2. The lowest BCUT2D eigenvalue weighted by atomic mass is 9.98. The second kappa shape index (κ2) is 3.27. The highest BCUT2D eigenvalue weighted by Gasteiger charge is 2.52. The van der Waals surface area contributed by atoms with Gasteiger partial charge >= 0.3 is 0 Å². The molecule has 2 rings (SSSR count). The summed E-state index contributed by atoms with van der Waals surface area (Å²) < 4.78 is 0. The number of nitriles is 1. The van der Waals surface area contributed by atoms with Crippen LogP contribution in [0.2, 0.25) is 0 Å². The Balaban J connectivity index is 2.01. The van der Waals surface area contributed by atoms with E-state index in [1.807, 2.05) is 4.90 Å². The predicted octanol–water partition coefficient (Wildman–Crippen LogP) is 1.55. The molecule has 1 heterocycles. The molecule has 0 aromatic carbocycles. The molecule has 0 aromatic heterocycles. The van der Waals surface area contributed by atoms with E-state index in [0.717, 1.165) is 32.4 Å². The molecule has 3 nitrogen and oxygen atoms in total. The molecule has 0 N–H and O–H groups in total. The summed E-state index contributed by atoms with van der Waals surface area (Å²) in [6.45, 7) is 3.88. The minimum Gasteiger partial charge on any atom is -0.341 e. The van der Waals surface area contributed by atoms with Gasteiger partial charge in [-0.15, -0.1) is 0 Å². The van der Waals surface area contributed by atoms with Crippen LogP contribution in [0.4, 0.5) is 0 Å². The summed E-state index contributed by atoms with van der Waals surface area (Å²) in [6, 6.07) is 2.17. The first-order valence-electron chi connectivity index (χ1n) is 5.38. The van der Waals surface area contributed by atoms with Crippen molar-refractivity contribution in [2.75, 3.05) is 13.1 Å². The predicted molar refractivity (Wildman–Crippen MR) is 52.3 cm³/mol. The highest BCUT2D eigenvalue weighted by Crippen LogP contribution is 2.46. The molecule has 1 atom stereocenters. The van der Waals surface area contributed by atoms with Gasteiger partial charge in [0, 0.05) is 13.1 Å². The van der Waals surface area contributed by atoms with Crippen LogP contribution >= 0.6 is 0 Å². The van der Waals surface area contributed by atoms with Gasteiger partial charge < -0.3 is 4.90 Å². The average molecular weight is 192 g/mol. The number of hydrogen-bond acceptors (Lipinski definition) is 2. The van der Waals surface area contributed by atoms with Crippen molar-refractivity contribution in [3.63, 3.8) is 0 Å². The van der Waals surface area contributed by atoms with Crippen molar-refractivity contribution >= 4 is 5.91 Å². The highest BCUT2D eigenvalue weighted by molar-refractivity contribution is 5.88. The molecule has 0 aromatic rings. The zero-order chi connectivity index (χ0) is 10.2. The van der Waals surface area contributed by atoms with Gasteiger partial charge in [0.25, 0.3) is 0 Å². The molecule has 1 aliphatic heterocycles. The number of piperidine rings is 1. The molecule has 2 fully saturated rings. The van der Waals surface area contributed by atoms with E-state index in [4.69, 9.17) is 5.26 Å². The van der Waals surface area contributed by atoms with Crippen LogP contribution in [-0.2, 0) is 4.79 Å². The Morgan fingerprint density at radius 3 is 2.79 bits per heavy atom. The van der Waals surface area contributed by atoms with Crippen LogP contribution in [0.15, 0.2) is 0 Å². The van der Waals surface area contributed by atoms with Crippen molar-refractivity contribution in [3.05, 3.63) is 0 Å². The Kier molecular flexibility index (Phi) is 2.22. The first-order valence-corrected chi connectivity index (χ1v) is 5.38. The van der Waals surface area contributed by atoms with Crippen LogP contribution in [0.3, 0.4) is 0 Å². The molecular weight excluding hydrogens is 176 g/mol. The lowest BCUT2D eigenvalue weighted by Crippen LogP contribution is -2.42. The van der Waals surface area contributed by atoms with Crippen molar-refractivity contribution in [2.24, 2.45) is 11.3 Å². The Morgan fingerprint density at radius 2 is 2.29 bits per heavy atom. The number of amides is 1. The number of hydrogen-bond donors (Lipinski definition) is 0. The third kappa shape index (κ3) is 1.50. The average Bonchev–Trinajstić information content (AvgIpc) is 2.97. The van der Waals surface area contributed by atoms with Crippen molar-refractivity contribution in [3.8, 4) is 6.07 Å². The second-order valence-corrected chi connectivity index (χ2v) is 4.69. The summed E-state index contributed by atoms with van der Waals surface area (Å²) >= 11 is 0. The molecule has 1 aliphatic carbocycles. The lowest BCUT2D eigenvalue weighted by Gasteiger charge is -2.32. The topological polar surface area (TPSA) is 44.1 Å². The quantitative estimate of drug-likeness (QED) is 0.632. The summed E-state index contributed by atoms with van der Waals surface area (Å²) in [5.74, 6) is 0.689. The van der Waals surface area contributed by atoms with E-state index in [-0.39, 0.29) is 5.91 Å². The van der Waals surface area contributed by atoms with Gasteiger partial charge in [0.2, 0.25) is 5.91 Å². The molecule has 0 spiro atoms. The summed E-state index contributed by atoms with van der Waals surface area (Å²) in [6.07, 6.45) is 3.85. The Bertz CT molecular complexity index is 288. The molecule has 14 heavy (non-hydrogen) atoms. The Morgan fingerprint density at radius 1 is 1.57 bits per heavy atom. The Labute approximate surface area is 84.7 Å². The first-order chi connectivity index (χ1) is 6.68. The number of rotatable bonds is 1. The third-order valence-corrected chi connectivity index (χ3v) is 3.32. The van der Waals surface area contributed by atoms with Gasteiger partial charge in [-0.2, -0.15) is 5.26 Å². The SMILES string of the molecule is C[C@@H]1CCCN(C(=O)C2(C#N)CC2)C1. The first kappa shape index (κ1) is 9.51. The normalized spacial score (nSPS) is 29.4. The minimum absolute atomic E-state index is 0.0894. The zero-order valence-corrected chi connectivity index (χ0v) is 8.62. The minimum atomic E-state index is -0.614. The maximum Gasteiger partial charge on any atom is 0.243 e. The van der Waals surface area contributed by atoms with E-state index in [1.165, 1.54) is 6.42 Å². The maximum absolute atomic E-state index is 12.0. The van der Waals surface area contributed by atoms with Gasteiger partial charge in [-0.25, -0.2) is 0 Å². The van der Waals surface area contributed by atoms with E-state index in [2.05, 4.69) is 13.0 Å². The fraction of sp³-hybridized carbons (Fsp3) is 0.818.